The second-order valence-corrected chi connectivity index (χ2v) is 6.87. The van der Waals surface area contributed by atoms with E-state index in [9.17, 15) is 0 Å². The van der Waals surface area contributed by atoms with Crippen LogP contribution in [0.5, 0.6) is 0 Å². The molecule has 0 N–H and O–H groups in total. The Morgan fingerprint density at radius 2 is 1.92 bits per heavy atom. The molecular formula is C20H23N5. The Kier molecular flexibility index (Phi) is 4.09. The number of fused-ring (bicyclic) bond motifs is 1. The molecular weight excluding hydrogens is 310 g/mol. The summed E-state index contributed by atoms with van der Waals surface area (Å²) in [5.41, 5.74) is 8.01. The molecule has 0 fully saturated rings. The molecule has 0 spiro atoms. The Bertz CT molecular complexity index is 912. The molecule has 0 saturated carbocycles. The molecule has 0 bridgehead atoms. The molecule has 5 nitrogen and oxygen atoms in total. The van der Waals surface area contributed by atoms with Gasteiger partial charge < -0.3 is 0 Å². The van der Waals surface area contributed by atoms with Crippen LogP contribution in [0.25, 0.3) is 11.4 Å². The molecule has 0 unspecified atom stereocenters. The summed E-state index contributed by atoms with van der Waals surface area (Å²) in [7, 11) is 0. The summed E-state index contributed by atoms with van der Waals surface area (Å²) in [5, 5.41) is 4.76. The van der Waals surface area contributed by atoms with Crippen molar-refractivity contribution in [3.8, 4) is 11.4 Å². The maximum absolute atomic E-state index is 4.76. The number of hydrogen-bond acceptors (Lipinski definition) is 4. The largest absolute Gasteiger partial charge is 0.291 e. The van der Waals surface area contributed by atoms with Gasteiger partial charge >= 0.3 is 0 Å². The fourth-order valence-corrected chi connectivity index (χ4v) is 3.37. The van der Waals surface area contributed by atoms with Crippen LogP contribution in [-0.4, -0.2) is 31.2 Å². The maximum atomic E-state index is 4.76. The predicted octanol–water partition coefficient (Wildman–Crippen LogP) is 3.28. The van der Waals surface area contributed by atoms with Gasteiger partial charge in [-0.2, -0.15) is 5.10 Å². The number of aryl methyl sites for hydroxylation is 3. The van der Waals surface area contributed by atoms with E-state index >= 15 is 0 Å². The van der Waals surface area contributed by atoms with Crippen LogP contribution in [0.3, 0.4) is 0 Å². The van der Waals surface area contributed by atoms with E-state index in [2.05, 4.69) is 58.5 Å². The molecule has 1 aliphatic heterocycles. The van der Waals surface area contributed by atoms with E-state index in [1.165, 1.54) is 16.8 Å². The van der Waals surface area contributed by atoms with Crippen molar-refractivity contribution < 1.29 is 0 Å². The van der Waals surface area contributed by atoms with E-state index in [0.29, 0.717) is 0 Å². The lowest BCUT2D eigenvalue weighted by molar-refractivity contribution is 0.205. The molecule has 0 aromatic carbocycles. The monoisotopic (exact) mass is 333 g/mol. The van der Waals surface area contributed by atoms with E-state index in [1.807, 2.05) is 18.5 Å². The Morgan fingerprint density at radius 1 is 1.04 bits per heavy atom. The number of hydrogen-bond donors (Lipinski definition) is 0. The van der Waals surface area contributed by atoms with Gasteiger partial charge in [0.05, 0.1) is 17.9 Å². The standard InChI is InChI=1S/C20H23N5/c1-14-5-4-6-21-20(14)19-10-18-13-24(7-8-25(18)23-19)12-17-9-15(2)16(3)22-11-17/h4-6,9-11H,7-8,12-13H2,1-3H3. The molecule has 128 valence electrons. The lowest BCUT2D eigenvalue weighted by Gasteiger charge is -2.27. The van der Waals surface area contributed by atoms with Gasteiger partial charge in [-0.1, -0.05) is 12.1 Å². The first kappa shape index (κ1) is 16.0. The van der Waals surface area contributed by atoms with Crippen molar-refractivity contribution in [2.75, 3.05) is 6.54 Å². The molecule has 5 heteroatoms. The van der Waals surface area contributed by atoms with Gasteiger partial charge in [-0.05, 0) is 49.6 Å². The lowest BCUT2D eigenvalue weighted by atomic mass is 10.1. The Labute approximate surface area is 148 Å². The van der Waals surface area contributed by atoms with Crippen LogP contribution >= 0.6 is 0 Å². The Hall–Kier alpha value is -2.53. The minimum atomic E-state index is 0.909. The fraction of sp³-hybridized carbons (Fsp3) is 0.350. The Balaban J connectivity index is 1.53. The molecule has 4 heterocycles. The molecule has 0 amide bonds. The highest BCUT2D eigenvalue weighted by Gasteiger charge is 2.20. The second kappa shape index (κ2) is 6.41. The van der Waals surface area contributed by atoms with Gasteiger partial charge in [-0.15, -0.1) is 0 Å². The van der Waals surface area contributed by atoms with Gasteiger partial charge in [0.15, 0.2) is 0 Å². The summed E-state index contributed by atoms with van der Waals surface area (Å²) in [6.07, 6.45) is 3.83. The Morgan fingerprint density at radius 3 is 2.72 bits per heavy atom. The van der Waals surface area contributed by atoms with Gasteiger partial charge in [-0.25, -0.2) is 0 Å². The molecule has 0 saturated heterocycles. The van der Waals surface area contributed by atoms with Gasteiger partial charge in [-0.3, -0.25) is 19.5 Å². The van der Waals surface area contributed by atoms with Gasteiger partial charge in [0, 0.05) is 37.7 Å². The maximum Gasteiger partial charge on any atom is 0.111 e. The predicted molar refractivity (Wildman–Crippen MR) is 98.0 cm³/mol. The normalized spacial score (nSPS) is 14.5. The molecule has 1 aliphatic rings. The zero-order valence-corrected chi connectivity index (χ0v) is 15.0. The average molecular weight is 333 g/mol. The summed E-state index contributed by atoms with van der Waals surface area (Å²) < 4.78 is 2.12. The van der Waals surface area contributed by atoms with Crippen molar-refractivity contribution in [1.82, 2.24) is 24.6 Å². The third-order valence-corrected chi connectivity index (χ3v) is 4.93. The van der Waals surface area contributed by atoms with Gasteiger partial charge in [0.2, 0.25) is 0 Å². The molecule has 3 aromatic heterocycles. The average Bonchev–Trinajstić information content (AvgIpc) is 3.01. The molecule has 0 atom stereocenters. The third-order valence-electron chi connectivity index (χ3n) is 4.93. The van der Waals surface area contributed by atoms with Crippen LogP contribution < -0.4 is 0 Å². The van der Waals surface area contributed by atoms with E-state index in [1.54, 1.807) is 0 Å². The van der Waals surface area contributed by atoms with Crippen molar-refractivity contribution in [3.63, 3.8) is 0 Å². The van der Waals surface area contributed by atoms with E-state index in [-0.39, 0.29) is 0 Å². The number of nitrogens with zero attached hydrogens (tertiary/aromatic N) is 5. The van der Waals surface area contributed by atoms with Crippen LogP contribution in [0.1, 0.15) is 28.1 Å². The fourth-order valence-electron chi connectivity index (χ4n) is 3.37. The zero-order valence-electron chi connectivity index (χ0n) is 15.0. The quantitative estimate of drug-likeness (QED) is 0.738. The number of pyridine rings is 2. The van der Waals surface area contributed by atoms with Crippen LogP contribution in [0.15, 0.2) is 36.7 Å². The topological polar surface area (TPSA) is 46.8 Å². The smallest absolute Gasteiger partial charge is 0.111 e. The molecule has 4 rings (SSSR count). The van der Waals surface area contributed by atoms with Crippen molar-refractivity contribution >= 4 is 0 Å². The minimum absolute atomic E-state index is 0.909. The number of rotatable bonds is 3. The molecule has 0 aliphatic carbocycles. The van der Waals surface area contributed by atoms with Crippen LogP contribution in [0, 0.1) is 20.8 Å². The minimum Gasteiger partial charge on any atom is -0.291 e. The van der Waals surface area contributed by atoms with E-state index < -0.39 is 0 Å². The summed E-state index contributed by atoms with van der Waals surface area (Å²) in [5.74, 6) is 0. The van der Waals surface area contributed by atoms with Crippen molar-refractivity contribution in [2.24, 2.45) is 0 Å². The first-order valence-corrected chi connectivity index (χ1v) is 8.73. The van der Waals surface area contributed by atoms with Crippen LogP contribution in [0.4, 0.5) is 0 Å². The summed E-state index contributed by atoms with van der Waals surface area (Å²) in [6.45, 7) is 10.0. The number of aromatic nitrogens is 4. The van der Waals surface area contributed by atoms with Crippen molar-refractivity contribution in [2.45, 2.75) is 40.4 Å². The van der Waals surface area contributed by atoms with E-state index in [0.717, 1.165) is 48.8 Å². The summed E-state index contributed by atoms with van der Waals surface area (Å²) >= 11 is 0. The van der Waals surface area contributed by atoms with Crippen molar-refractivity contribution in [1.29, 1.82) is 0 Å². The molecule has 0 radical (unpaired) electrons. The highest BCUT2D eigenvalue weighted by Crippen LogP contribution is 2.23. The molecule has 3 aromatic rings. The van der Waals surface area contributed by atoms with Gasteiger partial charge in [0.1, 0.15) is 5.69 Å². The van der Waals surface area contributed by atoms with Crippen molar-refractivity contribution in [3.05, 3.63) is 64.7 Å². The lowest BCUT2D eigenvalue weighted by Crippen LogP contribution is -2.33. The summed E-state index contributed by atoms with van der Waals surface area (Å²) in [4.78, 5) is 11.4. The van der Waals surface area contributed by atoms with Gasteiger partial charge in [0.25, 0.3) is 0 Å². The third kappa shape index (κ3) is 3.20. The van der Waals surface area contributed by atoms with Crippen LogP contribution in [0.2, 0.25) is 0 Å². The van der Waals surface area contributed by atoms with E-state index in [4.69, 9.17) is 5.10 Å². The van der Waals surface area contributed by atoms with Crippen LogP contribution in [-0.2, 0) is 19.6 Å². The molecule has 25 heavy (non-hydrogen) atoms. The highest BCUT2D eigenvalue weighted by atomic mass is 15.3. The first-order valence-electron chi connectivity index (χ1n) is 8.73. The first-order chi connectivity index (χ1) is 12.1. The second-order valence-electron chi connectivity index (χ2n) is 6.87. The zero-order chi connectivity index (χ0) is 17.4. The highest BCUT2D eigenvalue weighted by molar-refractivity contribution is 5.58. The summed E-state index contributed by atoms with van der Waals surface area (Å²) in [6, 6.07) is 8.48. The SMILES string of the molecule is Cc1cc(CN2CCn3nc(-c4ncccc4C)cc3C2)cnc1C.